The van der Waals surface area contributed by atoms with Gasteiger partial charge in [0.2, 0.25) is 11.8 Å². The summed E-state index contributed by atoms with van der Waals surface area (Å²) in [7, 11) is 0. The fourth-order valence-electron chi connectivity index (χ4n) is 6.11. The predicted molar refractivity (Wildman–Crippen MR) is 116 cm³/mol. The number of carbonyl (C=O) groups is 2. The molecule has 0 spiro atoms. The molecule has 5 unspecified atom stereocenters. The Morgan fingerprint density at radius 2 is 1.79 bits per heavy atom. The van der Waals surface area contributed by atoms with Gasteiger partial charge in [0.25, 0.3) is 6.43 Å². The minimum atomic E-state index is -2.49. The van der Waals surface area contributed by atoms with Crippen molar-refractivity contribution in [2.45, 2.75) is 99.9 Å². The molecule has 2 N–H and O–H groups in total. The van der Waals surface area contributed by atoms with Crippen LogP contribution in [0, 0.1) is 11.3 Å². The molecule has 5 aliphatic rings. The van der Waals surface area contributed by atoms with Crippen LogP contribution in [-0.4, -0.2) is 67.3 Å². The summed E-state index contributed by atoms with van der Waals surface area (Å²) in [5, 5.41) is 5.51. The van der Waals surface area contributed by atoms with Crippen LogP contribution in [0.1, 0.15) is 64.2 Å². The fourth-order valence-corrected chi connectivity index (χ4v) is 6.34. The van der Waals surface area contributed by atoms with Crippen LogP contribution >= 0.6 is 11.6 Å². The first-order valence-corrected chi connectivity index (χ1v) is 12.5. The van der Waals surface area contributed by atoms with Crippen molar-refractivity contribution in [3.05, 3.63) is 0 Å². The van der Waals surface area contributed by atoms with Crippen molar-refractivity contribution in [3.8, 4) is 0 Å². The lowest BCUT2D eigenvalue weighted by atomic mass is 9.39. The highest BCUT2D eigenvalue weighted by molar-refractivity contribution is 6.21. The zero-order valence-electron chi connectivity index (χ0n) is 18.8. The van der Waals surface area contributed by atoms with Crippen molar-refractivity contribution >= 4 is 23.4 Å². The summed E-state index contributed by atoms with van der Waals surface area (Å²) in [4.78, 5) is 25.1. The summed E-state index contributed by atoms with van der Waals surface area (Å²) in [6, 6.07) is 0. The molecule has 0 aromatic carbocycles. The number of ether oxygens (including phenoxy) is 2. The lowest BCUT2D eigenvalue weighted by Crippen LogP contribution is -2.78. The average molecular weight is 495 g/mol. The molecule has 5 atom stereocenters. The Bertz CT molecular complexity index is 708. The molecule has 6 nitrogen and oxygen atoms in total. The third-order valence-corrected chi connectivity index (χ3v) is 8.30. The van der Waals surface area contributed by atoms with Gasteiger partial charge in [-0.05, 0) is 44.9 Å². The van der Waals surface area contributed by atoms with E-state index in [9.17, 15) is 22.8 Å². The highest BCUT2D eigenvalue weighted by Gasteiger charge is 2.72. The van der Waals surface area contributed by atoms with E-state index in [0.717, 1.165) is 25.7 Å². The third-order valence-electron chi connectivity index (χ3n) is 7.81. The van der Waals surface area contributed by atoms with Crippen LogP contribution in [0.15, 0.2) is 0 Å². The molecule has 0 radical (unpaired) electrons. The summed E-state index contributed by atoms with van der Waals surface area (Å²) in [5.41, 5.74) is -0.787. The molecule has 0 heterocycles. The molecule has 0 aromatic heterocycles. The second-order valence-corrected chi connectivity index (χ2v) is 11.0. The lowest BCUT2D eigenvalue weighted by Gasteiger charge is -2.69. The van der Waals surface area contributed by atoms with Gasteiger partial charge in [0.15, 0.2) is 0 Å². The van der Waals surface area contributed by atoms with Gasteiger partial charge in [-0.2, -0.15) is 0 Å². The summed E-state index contributed by atoms with van der Waals surface area (Å²) in [5.74, 6) is -0.217. The molecule has 188 valence electrons. The number of hydrogen-bond acceptors (Lipinski definition) is 4. The fraction of sp³-hybridized carbons (Fsp3) is 0.913. The van der Waals surface area contributed by atoms with Crippen LogP contribution in [-0.2, 0) is 19.1 Å². The minimum absolute atomic E-state index is 0.0279. The van der Waals surface area contributed by atoms with E-state index in [1.165, 1.54) is 0 Å². The summed E-state index contributed by atoms with van der Waals surface area (Å²) in [6.07, 6.45) is 2.63. The SMILES string of the molecule is O=C(COC1CCC(Cl)C(F)C1)NC12CC(C(=O)NCC3CCCCC3OCC(F)F)(C1)C2. The quantitative estimate of drug-likeness (QED) is 0.456. The van der Waals surface area contributed by atoms with Crippen LogP contribution in [0.25, 0.3) is 0 Å². The van der Waals surface area contributed by atoms with E-state index in [4.69, 9.17) is 21.1 Å². The number of rotatable bonds is 10. The highest BCUT2D eigenvalue weighted by atomic mass is 35.5. The van der Waals surface area contributed by atoms with Crippen molar-refractivity contribution < 1.29 is 32.2 Å². The minimum Gasteiger partial charge on any atom is -0.372 e. The standard InChI is InChI=1S/C23H34ClF3N2O4/c24-16-6-5-15(7-17(16)25)32-10-20(30)29-23-11-22(12-23,13-23)21(31)28-8-14-3-1-2-4-18(14)33-9-19(26)27/h14-19H,1-13H2,(H,28,31)(H,29,30). The smallest absolute Gasteiger partial charge is 0.261 e. The van der Waals surface area contributed by atoms with Crippen LogP contribution in [0.2, 0.25) is 0 Å². The number of nitrogens with one attached hydrogen (secondary N) is 2. The van der Waals surface area contributed by atoms with Gasteiger partial charge in [0, 0.05) is 24.4 Å². The first kappa shape index (κ1) is 25.0. The van der Waals surface area contributed by atoms with Gasteiger partial charge >= 0.3 is 0 Å². The van der Waals surface area contributed by atoms with Gasteiger partial charge in [-0.1, -0.05) is 12.8 Å². The number of alkyl halides is 4. The molecule has 5 fully saturated rings. The van der Waals surface area contributed by atoms with E-state index in [1.807, 2.05) is 0 Å². The molecule has 5 rings (SSSR count). The van der Waals surface area contributed by atoms with E-state index in [-0.39, 0.29) is 48.5 Å². The van der Waals surface area contributed by atoms with Crippen molar-refractivity contribution in [3.63, 3.8) is 0 Å². The molecular weight excluding hydrogens is 461 g/mol. The normalized spacial score (nSPS) is 40.0. The molecule has 5 aliphatic carbocycles. The molecule has 5 saturated carbocycles. The van der Waals surface area contributed by atoms with Crippen molar-refractivity contribution in [2.75, 3.05) is 19.8 Å². The largest absolute Gasteiger partial charge is 0.372 e. The van der Waals surface area contributed by atoms with Crippen molar-refractivity contribution in [2.24, 2.45) is 11.3 Å². The zero-order valence-corrected chi connectivity index (χ0v) is 19.6. The van der Waals surface area contributed by atoms with E-state index in [1.54, 1.807) is 0 Å². The first-order chi connectivity index (χ1) is 15.7. The molecule has 2 bridgehead atoms. The molecule has 0 saturated heterocycles. The molecular formula is C23H34ClF3N2O4. The van der Waals surface area contributed by atoms with Crippen LogP contribution in [0.4, 0.5) is 13.2 Å². The Morgan fingerprint density at radius 1 is 1.06 bits per heavy atom. The molecule has 10 heteroatoms. The molecule has 33 heavy (non-hydrogen) atoms. The predicted octanol–water partition coefficient (Wildman–Crippen LogP) is 3.50. The zero-order chi connectivity index (χ0) is 23.6. The Morgan fingerprint density at radius 3 is 2.48 bits per heavy atom. The van der Waals surface area contributed by atoms with Gasteiger partial charge in [-0.15, -0.1) is 11.6 Å². The summed E-state index contributed by atoms with van der Waals surface area (Å²) >= 11 is 5.88. The Labute approximate surface area is 197 Å². The van der Waals surface area contributed by atoms with Crippen molar-refractivity contribution in [1.29, 1.82) is 0 Å². The van der Waals surface area contributed by atoms with E-state index in [0.29, 0.717) is 38.6 Å². The monoisotopic (exact) mass is 494 g/mol. The van der Waals surface area contributed by atoms with Crippen molar-refractivity contribution in [1.82, 2.24) is 10.6 Å². The maximum Gasteiger partial charge on any atom is 0.261 e. The number of halogens is 4. The molecule has 0 aromatic rings. The van der Waals surface area contributed by atoms with Gasteiger partial charge < -0.3 is 20.1 Å². The first-order valence-electron chi connectivity index (χ1n) is 12.1. The maximum absolute atomic E-state index is 13.7. The van der Waals surface area contributed by atoms with E-state index >= 15 is 0 Å². The van der Waals surface area contributed by atoms with Gasteiger partial charge in [-0.3, -0.25) is 9.59 Å². The number of amides is 2. The summed E-state index contributed by atoms with van der Waals surface area (Å²) in [6.45, 7) is -0.248. The van der Waals surface area contributed by atoms with Gasteiger partial charge in [0.1, 0.15) is 19.4 Å². The number of carbonyl (C=O) groups excluding carboxylic acids is 2. The molecule has 0 aliphatic heterocycles. The average Bonchev–Trinajstić information content (AvgIpc) is 2.73. The Kier molecular flexibility index (Phi) is 7.80. The van der Waals surface area contributed by atoms with Gasteiger partial charge in [-0.25, -0.2) is 13.2 Å². The number of hydrogen-bond donors (Lipinski definition) is 2. The van der Waals surface area contributed by atoms with E-state index < -0.39 is 30.0 Å². The third kappa shape index (κ3) is 5.78. The Hall–Kier alpha value is -1.06. The second kappa shape index (κ2) is 10.3. The van der Waals surface area contributed by atoms with Gasteiger partial charge in [0.05, 0.1) is 23.0 Å². The van der Waals surface area contributed by atoms with Crippen LogP contribution < -0.4 is 10.6 Å². The van der Waals surface area contributed by atoms with Crippen LogP contribution in [0.3, 0.4) is 0 Å². The van der Waals surface area contributed by atoms with E-state index in [2.05, 4.69) is 10.6 Å². The topological polar surface area (TPSA) is 76.7 Å². The second-order valence-electron chi connectivity index (χ2n) is 10.4. The van der Waals surface area contributed by atoms with Crippen LogP contribution in [0.5, 0.6) is 0 Å². The lowest BCUT2D eigenvalue weighted by molar-refractivity contribution is -0.185. The maximum atomic E-state index is 13.7. The summed E-state index contributed by atoms with van der Waals surface area (Å²) < 4.78 is 49.6. The molecule has 2 amide bonds. The highest BCUT2D eigenvalue weighted by Crippen LogP contribution is 2.67. The Balaban J connectivity index is 1.14.